The lowest BCUT2D eigenvalue weighted by molar-refractivity contribution is -0.124. The predicted octanol–water partition coefficient (Wildman–Crippen LogP) is 4.05. The van der Waals surface area contributed by atoms with E-state index in [1.807, 2.05) is 45.9 Å². The van der Waals surface area contributed by atoms with Crippen LogP contribution in [0.5, 0.6) is 0 Å². The lowest BCUT2D eigenvalue weighted by Gasteiger charge is -2.32. The second-order valence-electron chi connectivity index (χ2n) is 7.84. The van der Waals surface area contributed by atoms with E-state index in [0.29, 0.717) is 17.2 Å². The number of aryl methyl sites for hydroxylation is 2. The Morgan fingerprint density at radius 1 is 1.14 bits per heavy atom. The summed E-state index contributed by atoms with van der Waals surface area (Å²) in [6, 6.07) is 9.90. The molecule has 0 saturated heterocycles. The molecular formula is C21H24N4O3S. The zero-order valence-electron chi connectivity index (χ0n) is 17.1. The van der Waals surface area contributed by atoms with Crippen molar-refractivity contribution in [2.45, 2.75) is 46.2 Å². The Balaban J connectivity index is 2.18. The van der Waals surface area contributed by atoms with Gasteiger partial charge in [-0.25, -0.2) is 0 Å². The summed E-state index contributed by atoms with van der Waals surface area (Å²) >= 11 is 1.08. The molecule has 2 heterocycles. The number of carbonyl (C=O) groups is 2. The number of nitrogens with one attached hydrogen (secondary N) is 1. The van der Waals surface area contributed by atoms with Crippen molar-refractivity contribution >= 4 is 29.0 Å². The number of amides is 2. The van der Waals surface area contributed by atoms with Gasteiger partial charge in [-0.1, -0.05) is 22.7 Å². The second kappa shape index (κ2) is 8.16. The number of furan rings is 1. The van der Waals surface area contributed by atoms with E-state index in [2.05, 4.69) is 14.9 Å². The van der Waals surface area contributed by atoms with E-state index >= 15 is 0 Å². The molecule has 1 N–H and O–H groups in total. The molecule has 29 heavy (non-hydrogen) atoms. The van der Waals surface area contributed by atoms with Gasteiger partial charge in [0, 0.05) is 16.6 Å². The van der Waals surface area contributed by atoms with Crippen molar-refractivity contribution in [2.24, 2.45) is 0 Å². The standard InChI is InChI=1S/C21H24N4O3S/c1-13-8-6-7-9-16(13)25(20(27)15-12-29-24-23-15)18(17-11-10-14(2)28-17)19(26)22-21(3,4)5/h6-12,18H,1-5H3,(H,22,26)/t18-/m1/s1. The zero-order chi connectivity index (χ0) is 21.2. The number of carbonyl (C=O) groups excluding carboxylic acids is 2. The highest BCUT2D eigenvalue weighted by atomic mass is 32.1. The molecule has 0 unspecified atom stereocenters. The zero-order valence-corrected chi connectivity index (χ0v) is 17.9. The minimum absolute atomic E-state index is 0.176. The van der Waals surface area contributed by atoms with Gasteiger partial charge >= 0.3 is 0 Å². The van der Waals surface area contributed by atoms with Crippen molar-refractivity contribution in [1.29, 1.82) is 0 Å². The fourth-order valence-electron chi connectivity index (χ4n) is 2.99. The largest absolute Gasteiger partial charge is 0.464 e. The molecule has 2 aromatic heterocycles. The molecule has 3 aromatic rings. The Hall–Kier alpha value is -3.00. The summed E-state index contributed by atoms with van der Waals surface area (Å²) in [7, 11) is 0. The lowest BCUT2D eigenvalue weighted by Crippen LogP contribution is -2.49. The van der Waals surface area contributed by atoms with Crippen molar-refractivity contribution < 1.29 is 14.0 Å². The molecule has 0 bridgehead atoms. The summed E-state index contributed by atoms with van der Waals surface area (Å²) in [5, 5.41) is 8.46. The number of benzene rings is 1. The maximum absolute atomic E-state index is 13.5. The highest BCUT2D eigenvalue weighted by Crippen LogP contribution is 2.33. The summed E-state index contributed by atoms with van der Waals surface area (Å²) < 4.78 is 9.61. The van der Waals surface area contributed by atoms with Gasteiger partial charge in [0.2, 0.25) is 0 Å². The van der Waals surface area contributed by atoms with Crippen molar-refractivity contribution in [1.82, 2.24) is 14.9 Å². The third kappa shape index (κ3) is 4.71. The Morgan fingerprint density at radius 3 is 2.41 bits per heavy atom. The molecule has 1 atom stereocenters. The SMILES string of the molecule is Cc1ccc([C@H](C(=O)NC(C)(C)C)N(C(=O)c2csnn2)c2ccccc2C)o1. The number of hydrogen-bond donors (Lipinski definition) is 1. The number of rotatable bonds is 5. The molecule has 0 aliphatic carbocycles. The number of nitrogens with zero attached hydrogens (tertiary/aromatic N) is 3. The van der Waals surface area contributed by atoms with Crippen LogP contribution in [0.2, 0.25) is 0 Å². The average molecular weight is 413 g/mol. The first-order chi connectivity index (χ1) is 13.7. The normalized spacial score (nSPS) is 12.4. The molecule has 0 radical (unpaired) electrons. The fraction of sp³-hybridized carbons (Fsp3) is 0.333. The van der Waals surface area contributed by atoms with Gasteiger partial charge in [-0.05, 0) is 69.9 Å². The summed E-state index contributed by atoms with van der Waals surface area (Å²) in [6.07, 6.45) is 0. The third-order valence-corrected chi connectivity index (χ3v) is 4.71. The first kappa shape index (κ1) is 20.7. The van der Waals surface area contributed by atoms with Gasteiger partial charge < -0.3 is 9.73 Å². The highest BCUT2D eigenvalue weighted by molar-refractivity contribution is 7.03. The molecule has 1 aromatic carbocycles. The lowest BCUT2D eigenvalue weighted by atomic mass is 10.0. The van der Waals surface area contributed by atoms with Crippen LogP contribution < -0.4 is 10.2 Å². The first-order valence-corrected chi connectivity index (χ1v) is 10.1. The van der Waals surface area contributed by atoms with Crippen LogP contribution in [0.25, 0.3) is 0 Å². The molecule has 0 saturated carbocycles. The maximum Gasteiger partial charge on any atom is 0.280 e. The Kier molecular flexibility index (Phi) is 5.83. The van der Waals surface area contributed by atoms with Crippen molar-refractivity contribution in [3.63, 3.8) is 0 Å². The van der Waals surface area contributed by atoms with Gasteiger partial charge in [0.15, 0.2) is 11.7 Å². The van der Waals surface area contributed by atoms with Gasteiger partial charge in [0.25, 0.3) is 11.8 Å². The highest BCUT2D eigenvalue weighted by Gasteiger charge is 2.38. The second-order valence-corrected chi connectivity index (χ2v) is 8.45. The molecule has 0 aliphatic heterocycles. The smallest absolute Gasteiger partial charge is 0.280 e. The van der Waals surface area contributed by atoms with Crippen LogP contribution in [0.15, 0.2) is 46.2 Å². The van der Waals surface area contributed by atoms with Gasteiger partial charge in [-0.15, -0.1) is 5.10 Å². The molecule has 152 valence electrons. The van der Waals surface area contributed by atoms with E-state index in [1.165, 1.54) is 4.90 Å². The minimum Gasteiger partial charge on any atom is -0.464 e. The van der Waals surface area contributed by atoms with Gasteiger partial charge in [0.1, 0.15) is 11.5 Å². The Bertz CT molecular complexity index is 1010. The fourth-order valence-corrected chi connectivity index (χ4v) is 3.42. The molecular weight excluding hydrogens is 388 g/mol. The molecule has 2 amide bonds. The Labute approximate surface area is 173 Å². The van der Waals surface area contributed by atoms with Crippen LogP contribution in [0.3, 0.4) is 0 Å². The Morgan fingerprint density at radius 2 is 1.86 bits per heavy atom. The van der Waals surface area contributed by atoms with Crippen molar-refractivity contribution in [3.05, 3.63) is 64.6 Å². The van der Waals surface area contributed by atoms with E-state index in [4.69, 9.17) is 4.42 Å². The van der Waals surface area contributed by atoms with E-state index in [1.54, 1.807) is 30.5 Å². The van der Waals surface area contributed by atoms with Crippen LogP contribution in [-0.4, -0.2) is 26.9 Å². The minimum atomic E-state index is -1.00. The van der Waals surface area contributed by atoms with Crippen LogP contribution in [0.1, 0.15) is 54.4 Å². The van der Waals surface area contributed by atoms with E-state index < -0.39 is 17.5 Å². The number of para-hydroxylation sites is 1. The van der Waals surface area contributed by atoms with Crippen LogP contribution in [0, 0.1) is 13.8 Å². The molecule has 3 rings (SSSR count). The topological polar surface area (TPSA) is 88.3 Å². The average Bonchev–Trinajstić information content (AvgIpc) is 3.30. The monoisotopic (exact) mass is 412 g/mol. The van der Waals surface area contributed by atoms with Crippen molar-refractivity contribution in [3.8, 4) is 0 Å². The summed E-state index contributed by atoms with van der Waals surface area (Å²) in [6.45, 7) is 9.35. The molecule has 7 nitrogen and oxygen atoms in total. The van der Waals surface area contributed by atoms with E-state index in [9.17, 15) is 9.59 Å². The summed E-state index contributed by atoms with van der Waals surface area (Å²) in [5.41, 5.74) is 1.14. The molecule has 0 aliphatic rings. The van der Waals surface area contributed by atoms with Crippen LogP contribution >= 0.6 is 11.5 Å². The summed E-state index contributed by atoms with van der Waals surface area (Å²) in [4.78, 5) is 28.3. The third-order valence-electron chi connectivity index (χ3n) is 4.21. The molecule has 0 spiro atoms. The maximum atomic E-state index is 13.5. The number of anilines is 1. The van der Waals surface area contributed by atoms with Crippen LogP contribution in [-0.2, 0) is 4.79 Å². The van der Waals surface area contributed by atoms with Crippen LogP contribution in [0.4, 0.5) is 5.69 Å². The number of aromatic nitrogens is 2. The van der Waals surface area contributed by atoms with Crippen molar-refractivity contribution in [2.75, 3.05) is 4.90 Å². The molecule has 0 fully saturated rings. The molecule has 8 heteroatoms. The number of hydrogen-bond acceptors (Lipinski definition) is 6. The predicted molar refractivity (Wildman–Crippen MR) is 112 cm³/mol. The van der Waals surface area contributed by atoms with E-state index in [0.717, 1.165) is 17.1 Å². The summed E-state index contributed by atoms with van der Waals surface area (Å²) in [5.74, 6) is 0.271. The first-order valence-electron chi connectivity index (χ1n) is 9.22. The quantitative estimate of drug-likeness (QED) is 0.683. The van der Waals surface area contributed by atoms with Gasteiger partial charge in [-0.2, -0.15) is 0 Å². The van der Waals surface area contributed by atoms with E-state index in [-0.39, 0.29) is 11.6 Å². The van der Waals surface area contributed by atoms with Gasteiger partial charge in [0.05, 0.1) is 0 Å². The van der Waals surface area contributed by atoms with Gasteiger partial charge in [-0.3, -0.25) is 14.5 Å².